The first-order valence-electron chi connectivity index (χ1n) is 10.4. The highest BCUT2D eigenvalue weighted by Crippen LogP contribution is 2.13. The summed E-state index contributed by atoms with van der Waals surface area (Å²) in [6.07, 6.45) is 2.48. The van der Waals surface area contributed by atoms with Gasteiger partial charge in [0, 0.05) is 30.9 Å². The Morgan fingerprint density at radius 2 is 1.79 bits per heavy atom. The van der Waals surface area contributed by atoms with Crippen LogP contribution in [0.1, 0.15) is 10.4 Å². The molecule has 4 rings (SSSR count). The van der Waals surface area contributed by atoms with Gasteiger partial charge in [-0.1, -0.05) is 30.3 Å². The maximum absolute atomic E-state index is 12.8. The number of methoxy groups -OCH3 is 1. The topological polar surface area (TPSA) is 128 Å². The Morgan fingerprint density at radius 3 is 2.47 bits per heavy atom. The van der Waals surface area contributed by atoms with Crippen LogP contribution in [0.15, 0.2) is 87.6 Å². The van der Waals surface area contributed by atoms with Crippen molar-refractivity contribution in [1.82, 2.24) is 24.4 Å². The quantitative estimate of drug-likeness (QED) is 0.427. The molecule has 0 bridgehead atoms. The molecule has 0 saturated heterocycles. The van der Waals surface area contributed by atoms with Crippen LogP contribution in [0.4, 0.5) is 0 Å². The number of carbonyl (C=O) groups excluding carboxylic acids is 1. The number of ether oxygens (including phenoxy) is 1. The molecule has 2 heterocycles. The Bertz CT molecular complexity index is 1490. The Hall–Kier alpha value is -4.73. The van der Waals surface area contributed by atoms with Crippen molar-refractivity contribution in [3.63, 3.8) is 0 Å². The van der Waals surface area contributed by atoms with E-state index in [0.717, 1.165) is 16.3 Å². The molecule has 4 aromatic rings. The molecule has 0 saturated carbocycles. The molecule has 0 aliphatic carbocycles. The molecule has 0 atom stereocenters. The summed E-state index contributed by atoms with van der Waals surface area (Å²) in [7, 11) is 1.50. The molecule has 0 fully saturated rings. The number of rotatable bonds is 7. The second kappa shape index (κ2) is 9.82. The standard InChI is InChI=1S/C24H21N5O5/c1-34-18-9-7-17(8-10-18)29-23(32)19(14-26-24(29)33)22(31)25-11-12-28-15-27-20(13-21(28)30)16-5-3-2-4-6-16/h2-10,13-15H,11-12H2,1H3,(H,25,31)(H,26,33). The summed E-state index contributed by atoms with van der Waals surface area (Å²) in [6, 6.07) is 17.0. The van der Waals surface area contributed by atoms with E-state index in [1.165, 1.54) is 36.2 Å². The van der Waals surface area contributed by atoms with E-state index < -0.39 is 17.2 Å². The van der Waals surface area contributed by atoms with E-state index in [1.807, 2.05) is 30.3 Å². The molecular weight excluding hydrogens is 438 g/mol. The lowest BCUT2D eigenvalue weighted by Gasteiger charge is -2.10. The van der Waals surface area contributed by atoms with Gasteiger partial charge >= 0.3 is 5.69 Å². The minimum atomic E-state index is -0.766. The van der Waals surface area contributed by atoms with Crippen molar-refractivity contribution in [3.05, 3.63) is 110 Å². The van der Waals surface area contributed by atoms with Gasteiger partial charge in [-0.25, -0.2) is 14.3 Å². The van der Waals surface area contributed by atoms with Gasteiger partial charge in [-0.15, -0.1) is 0 Å². The number of H-pyrrole nitrogens is 1. The monoisotopic (exact) mass is 459 g/mol. The smallest absolute Gasteiger partial charge is 0.333 e. The van der Waals surface area contributed by atoms with Gasteiger partial charge < -0.3 is 15.0 Å². The van der Waals surface area contributed by atoms with Crippen molar-refractivity contribution in [2.45, 2.75) is 6.54 Å². The number of benzene rings is 2. The van der Waals surface area contributed by atoms with Crippen LogP contribution in [-0.2, 0) is 6.54 Å². The van der Waals surface area contributed by atoms with Crippen LogP contribution in [0, 0.1) is 0 Å². The number of nitrogens with zero attached hydrogens (tertiary/aromatic N) is 3. The first-order chi connectivity index (χ1) is 16.5. The molecule has 0 unspecified atom stereocenters. The fourth-order valence-corrected chi connectivity index (χ4v) is 3.35. The van der Waals surface area contributed by atoms with Crippen LogP contribution in [0.3, 0.4) is 0 Å². The zero-order valence-corrected chi connectivity index (χ0v) is 18.2. The van der Waals surface area contributed by atoms with Crippen molar-refractivity contribution < 1.29 is 9.53 Å². The van der Waals surface area contributed by atoms with E-state index in [2.05, 4.69) is 15.3 Å². The predicted octanol–water partition coefficient (Wildman–Crippen LogP) is 1.19. The van der Waals surface area contributed by atoms with E-state index in [-0.39, 0.29) is 29.9 Å². The fourth-order valence-electron chi connectivity index (χ4n) is 3.35. The summed E-state index contributed by atoms with van der Waals surface area (Å²) >= 11 is 0. The van der Waals surface area contributed by atoms with Crippen molar-refractivity contribution in [1.29, 1.82) is 0 Å². The van der Waals surface area contributed by atoms with E-state index in [0.29, 0.717) is 11.4 Å². The predicted molar refractivity (Wildman–Crippen MR) is 125 cm³/mol. The minimum absolute atomic E-state index is 0.0756. The fraction of sp³-hybridized carbons (Fsp3) is 0.125. The first-order valence-corrected chi connectivity index (χ1v) is 10.4. The van der Waals surface area contributed by atoms with Crippen LogP contribution >= 0.6 is 0 Å². The highest BCUT2D eigenvalue weighted by molar-refractivity contribution is 5.93. The Morgan fingerprint density at radius 1 is 1.06 bits per heavy atom. The van der Waals surface area contributed by atoms with Gasteiger partial charge in [-0.2, -0.15) is 0 Å². The third-order valence-electron chi connectivity index (χ3n) is 5.14. The Balaban J connectivity index is 1.47. The zero-order valence-electron chi connectivity index (χ0n) is 18.2. The second-order valence-electron chi connectivity index (χ2n) is 7.27. The van der Waals surface area contributed by atoms with E-state index >= 15 is 0 Å². The Labute approximate surface area is 193 Å². The molecule has 0 aliphatic rings. The molecule has 10 nitrogen and oxygen atoms in total. The molecular formula is C24H21N5O5. The number of hydrogen-bond acceptors (Lipinski definition) is 6. The van der Waals surface area contributed by atoms with Crippen LogP contribution in [0.25, 0.3) is 16.9 Å². The summed E-state index contributed by atoms with van der Waals surface area (Å²) in [5, 5.41) is 2.60. The lowest BCUT2D eigenvalue weighted by atomic mass is 10.1. The van der Waals surface area contributed by atoms with Gasteiger partial charge in [0.1, 0.15) is 11.3 Å². The molecule has 10 heteroatoms. The lowest BCUT2D eigenvalue weighted by Crippen LogP contribution is -2.40. The van der Waals surface area contributed by atoms with Crippen molar-refractivity contribution in [2.75, 3.05) is 13.7 Å². The van der Waals surface area contributed by atoms with Gasteiger partial charge in [0.25, 0.3) is 17.0 Å². The van der Waals surface area contributed by atoms with Crippen molar-refractivity contribution >= 4 is 5.91 Å². The van der Waals surface area contributed by atoms with Crippen LogP contribution in [0.5, 0.6) is 5.75 Å². The number of carbonyl (C=O) groups is 1. The molecule has 0 radical (unpaired) electrons. The average Bonchev–Trinajstić information content (AvgIpc) is 2.86. The molecule has 1 amide bonds. The minimum Gasteiger partial charge on any atom is -0.497 e. The summed E-state index contributed by atoms with van der Waals surface area (Å²) in [5.74, 6) is -0.117. The normalized spacial score (nSPS) is 10.6. The molecule has 2 aromatic heterocycles. The van der Waals surface area contributed by atoms with Gasteiger partial charge in [0.05, 0.1) is 24.8 Å². The summed E-state index contributed by atoms with van der Waals surface area (Å²) in [5.41, 5.74) is -0.281. The number of amides is 1. The number of nitrogens with one attached hydrogen (secondary N) is 2. The molecule has 34 heavy (non-hydrogen) atoms. The largest absolute Gasteiger partial charge is 0.497 e. The average molecular weight is 459 g/mol. The number of aromatic nitrogens is 4. The van der Waals surface area contributed by atoms with Gasteiger partial charge in [-0.05, 0) is 24.3 Å². The molecule has 0 aliphatic heterocycles. The maximum Gasteiger partial charge on any atom is 0.333 e. The second-order valence-corrected chi connectivity index (χ2v) is 7.27. The van der Waals surface area contributed by atoms with Crippen LogP contribution < -0.4 is 26.9 Å². The highest BCUT2D eigenvalue weighted by atomic mass is 16.5. The van der Waals surface area contributed by atoms with Crippen LogP contribution in [-0.4, -0.2) is 38.7 Å². The SMILES string of the molecule is COc1ccc(-n2c(=O)[nH]cc(C(=O)NCCn3cnc(-c4ccccc4)cc3=O)c2=O)cc1. The maximum atomic E-state index is 12.8. The molecule has 2 N–H and O–H groups in total. The summed E-state index contributed by atoms with van der Waals surface area (Å²) in [4.78, 5) is 56.8. The number of aromatic amines is 1. The third-order valence-corrected chi connectivity index (χ3v) is 5.14. The van der Waals surface area contributed by atoms with Crippen LogP contribution in [0.2, 0.25) is 0 Å². The van der Waals surface area contributed by atoms with Crippen molar-refractivity contribution in [2.24, 2.45) is 0 Å². The Kier molecular flexibility index (Phi) is 6.49. The first kappa shape index (κ1) is 22.5. The molecule has 0 spiro atoms. The lowest BCUT2D eigenvalue weighted by molar-refractivity contribution is 0.0949. The zero-order chi connectivity index (χ0) is 24.1. The highest BCUT2D eigenvalue weighted by Gasteiger charge is 2.16. The molecule has 172 valence electrons. The van der Waals surface area contributed by atoms with Gasteiger partial charge in [-0.3, -0.25) is 19.0 Å². The number of hydrogen-bond donors (Lipinski definition) is 2. The summed E-state index contributed by atoms with van der Waals surface area (Å²) < 4.78 is 7.30. The van der Waals surface area contributed by atoms with E-state index in [1.54, 1.807) is 12.1 Å². The van der Waals surface area contributed by atoms with Gasteiger partial charge in [0.2, 0.25) is 0 Å². The van der Waals surface area contributed by atoms with Gasteiger partial charge in [0.15, 0.2) is 0 Å². The van der Waals surface area contributed by atoms with E-state index in [9.17, 15) is 19.2 Å². The van der Waals surface area contributed by atoms with E-state index in [4.69, 9.17) is 4.74 Å². The summed E-state index contributed by atoms with van der Waals surface area (Å²) in [6.45, 7) is 0.231. The van der Waals surface area contributed by atoms with Crippen molar-refractivity contribution in [3.8, 4) is 22.7 Å². The third kappa shape index (κ3) is 4.70. The molecule has 2 aromatic carbocycles.